The Morgan fingerprint density at radius 2 is 2.20 bits per heavy atom. The fourth-order valence-electron chi connectivity index (χ4n) is 1.61. The Balaban J connectivity index is 2.16. The lowest BCUT2D eigenvalue weighted by Crippen LogP contribution is -2.17. The van der Waals surface area contributed by atoms with E-state index in [4.69, 9.17) is 22.4 Å². The number of hydrogen-bond donors (Lipinski definition) is 3. The van der Waals surface area contributed by atoms with Gasteiger partial charge in [0.25, 0.3) is 0 Å². The number of halogens is 1. The normalized spacial score (nSPS) is 10.2. The fourth-order valence-corrected chi connectivity index (χ4v) is 2.43. The Kier molecular flexibility index (Phi) is 4.21. The van der Waals surface area contributed by atoms with Gasteiger partial charge in [0.1, 0.15) is 5.56 Å². The SMILES string of the molecule is Nc1nc(CC(=O)Nc2cccc(Cl)c2C(=O)O)cs1. The van der Waals surface area contributed by atoms with Crippen LogP contribution in [0.2, 0.25) is 5.02 Å². The number of carbonyl (C=O) groups is 2. The van der Waals surface area contributed by atoms with Crippen molar-refractivity contribution in [1.82, 2.24) is 4.98 Å². The van der Waals surface area contributed by atoms with Gasteiger partial charge in [-0.3, -0.25) is 4.79 Å². The van der Waals surface area contributed by atoms with E-state index in [2.05, 4.69) is 10.3 Å². The molecule has 0 bridgehead atoms. The summed E-state index contributed by atoms with van der Waals surface area (Å²) in [7, 11) is 0. The third-order valence-electron chi connectivity index (χ3n) is 2.41. The van der Waals surface area contributed by atoms with Gasteiger partial charge in [-0.25, -0.2) is 9.78 Å². The lowest BCUT2D eigenvalue weighted by atomic mass is 10.1. The van der Waals surface area contributed by atoms with E-state index in [1.165, 1.54) is 23.5 Å². The number of carbonyl (C=O) groups excluding carboxylic acids is 1. The Labute approximate surface area is 123 Å². The van der Waals surface area contributed by atoms with Crippen molar-refractivity contribution >= 4 is 45.6 Å². The van der Waals surface area contributed by atoms with Gasteiger partial charge in [0.15, 0.2) is 5.13 Å². The Morgan fingerprint density at radius 3 is 2.80 bits per heavy atom. The van der Waals surface area contributed by atoms with Crippen molar-refractivity contribution in [3.8, 4) is 0 Å². The molecule has 0 unspecified atom stereocenters. The van der Waals surface area contributed by atoms with Gasteiger partial charge in [-0.2, -0.15) is 0 Å². The summed E-state index contributed by atoms with van der Waals surface area (Å²) < 4.78 is 0. The zero-order chi connectivity index (χ0) is 14.7. The quantitative estimate of drug-likeness (QED) is 0.803. The molecular formula is C12H10ClN3O3S. The number of carboxylic acid groups (broad SMARTS) is 1. The zero-order valence-electron chi connectivity index (χ0n) is 10.1. The van der Waals surface area contributed by atoms with Gasteiger partial charge >= 0.3 is 5.97 Å². The van der Waals surface area contributed by atoms with Crippen molar-refractivity contribution in [2.75, 3.05) is 11.1 Å². The fraction of sp³-hybridized carbons (Fsp3) is 0.0833. The number of aromatic carboxylic acids is 1. The molecular weight excluding hydrogens is 302 g/mol. The number of hydrogen-bond acceptors (Lipinski definition) is 5. The number of thiazole rings is 1. The Morgan fingerprint density at radius 1 is 1.45 bits per heavy atom. The summed E-state index contributed by atoms with van der Waals surface area (Å²) >= 11 is 7.05. The summed E-state index contributed by atoms with van der Waals surface area (Å²) in [6, 6.07) is 4.48. The lowest BCUT2D eigenvalue weighted by molar-refractivity contribution is -0.115. The monoisotopic (exact) mass is 311 g/mol. The molecule has 0 aliphatic carbocycles. The average Bonchev–Trinajstić information content (AvgIpc) is 2.74. The first-order valence-electron chi connectivity index (χ1n) is 5.49. The summed E-state index contributed by atoms with van der Waals surface area (Å²) in [6.45, 7) is 0. The molecule has 0 aliphatic rings. The number of carboxylic acids is 1. The van der Waals surface area contributed by atoms with Gasteiger partial charge in [0.05, 0.1) is 22.8 Å². The summed E-state index contributed by atoms with van der Waals surface area (Å²) in [5.74, 6) is -1.59. The molecule has 0 saturated heterocycles. The highest BCUT2D eigenvalue weighted by Crippen LogP contribution is 2.24. The highest BCUT2D eigenvalue weighted by Gasteiger charge is 2.16. The maximum Gasteiger partial charge on any atom is 0.339 e. The zero-order valence-corrected chi connectivity index (χ0v) is 11.7. The minimum absolute atomic E-state index is 0.0132. The van der Waals surface area contributed by atoms with Crippen LogP contribution in [0.1, 0.15) is 16.1 Å². The predicted octanol–water partition coefficient (Wildman–Crippen LogP) is 2.26. The minimum atomic E-state index is -1.20. The number of rotatable bonds is 4. The molecule has 1 aromatic carbocycles. The number of nitrogen functional groups attached to an aromatic ring is 1. The molecule has 8 heteroatoms. The van der Waals surface area contributed by atoms with E-state index < -0.39 is 5.97 Å². The number of nitrogens with one attached hydrogen (secondary N) is 1. The second-order valence-electron chi connectivity index (χ2n) is 3.87. The molecule has 0 fully saturated rings. The van der Waals surface area contributed by atoms with E-state index in [0.717, 1.165) is 0 Å². The van der Waals surface area contributed by atoms with Crippen molar-refractivity contribution < 1.29 is 14.7 Å². The molecule has 0 saturated carbocycles. The molecule has 104 valence electrons. The van der Waals surface area contributed by atoms with Crippen molar-refractivity contribution in [1.29, 1.82) is 0 Å². The van der Waals surface area contributed by atoms with Crippen LogP contribution in [-0.2, 0) is 11.2 Å². The van der Waals surface area contributed by atoms with Gasteiger partial charge in [-0.1, -0.05) is 17.7 Å². The van der Waals surface area contributed by atoms with E-state index in [1.807, 2.05) is 0 Å². The van der Waals surface area contributed by atoms with E-state index in [-0.39, 0.29) is 28.6 Å². The van der Waals surface area contributed by atoms with Gasteiger partial charge in [-0.05, 0) is 12.1 Å². The van der Waals surface area contributed by atoms with Crippen LogP contribution < -0.4 is 11.1 Å². The maximum atomic E-state index is 11.9. The average molecular weight is 312 g/mol. The van der Waals surface area contributed by atoms with Crippen LogP contribution in [0.4, 0.5) is 10.8 Å². The smallest absolute Gasteiger partial charge is 0.339 e. The molecule has 0 radical (unpaired) electrons. The van der Waals surface area contributed by atoms with E-state index >= 15 is 0 Å². The van der Waals surface area contributed by atoms with E-state index in [9.17, 15) is 9.59 Å². The van der Waals surface area contributed by atoms with Crippen LogP contribution in [0.25, 0.3) is 0 Å². The second kappa shape index (κ2) is 5.89. The molecule has 6 nitrogen and oxygen atoms in total. The molecule has 1 aromatic heterocycles. The molecule has 4 N–H and O–H groups in total. The maximum absolute atomic E-state index is 11.9. The Bertz CT molecular complexity index is 672. The Hall–Kier alpha value is -2.12. The minimum Gasteiger partial charge on any atom is -0.478 e. The van der Waals surface area contributed by atoms with Crippen molar-refractivity contribution in [3.63, 3.8) is 0 Å². The van der Waals surface area contributed by atoms with Crippen molar-refractivity contribution in [2.45, 2.75) is 6.42 Å². The van der Waals surface area contributed by atoms with Crippen LogP contribution in [0.3, 0.4) is 0 Å². The van der Waals surface area contributed by atoms with Crippen molar-refractivity contribution in [2.24, 2.45) is 0 Å². The number of anilines is 2. The summed E-state index contributed by atoms with van der Waals surface area (Å²) in [4.78, 5) is 26.9. The first-order valence-corrected chi connectivity index (χ1v) is 6.74. The van der Waals surface area contributed by atoms with Crippen LogP contribution in [0.5, 0.6) is 0 Å². The van der Waals surface area contributed by atoms with E-state index in [1.54, 1.807) is 11.4 Å². The summed E-state index contributed by atoms with van der Waals surface area (Å²) in [6.07, 6.45) is 0.0132. The summed E-state index contributed by atoms with van der Waals surface area (Å²) in [5, 5.41) is 13.7. The largest absolute Gasteiger partial charge is 0.478 e. The topological polar surface area (TPSA) is 105 Å². The number of nitrogens with two attached hydrogens (primary N) is 1. The molecule has 0 atom stereocenters. The highest BCUT2D eigenvalue weighted by molar-refractivity contribution is 7.13. The molecule has 1 amide bonds. The summed E-state index contributed by atoms with van der Waals surface area (Å²) in [5.41, 5.74) is 6.02. The van der Waals surface area contributed by atoms with Crippen molar-refractivity contribution in [3.05, 3.63) is 39.9 Å². The first kappa shape index (κ1) is 14.3. The first-order chi connectivity index (χ1) is 9.47. The molecule has 0 aliphatic heterocycles. The number of benzene rings is 1. The lowest BCUT2D eigenvalue weighted by Gasteiger charge is -2.09. The van der Waals surface area contributed by atoms with Gasteiger partial charge < -0.3 is 16.2 Å². The molecule has 2 rings (SSSR count). The number of aromatic nitrogens is 1. The third kappa shape index (κ3) is 3.25. The van der Waals surface area contributed by atoms with Crippen LogP contribution in [0.15, 0.2) is 23.6 Å². The van der Waals surface area contributed by atoms with Gasteiger partial charge in [0, 0.05) is 5.38 Å². The highest BCUT2D eigenvalue weighted by atomic mass is 35.5. The predicted molar refractivity (Wildman–Crippen MR) is 77.3 cm³/mol. The number of amides is 1. The number of nitrogens with zero attached hydrogens (tertiary/aromatic N) is 1. The van der Waals surface area contributed by atoms with Crippen LogP contribution >= 0.6 is 22.9 Å². The van der Waals surface area contributed by atoms with Crippen LogP contribution in [0, 0.1) is 0 Å². The second-order valence-corrected chi connectivity index (χ2v) is 5.17. The standard InChI is InChI=1S/C12H10ClN3O3S/c13-7-2-1-3-8(10(7)11(18)19)16-9(17)4-6-5-20-12(14)15-6/h1-3,5H,4H2,(H2,14,15)(H,16,17)(H,18,19). The molecule has 1 heterocycles. The molecule has 20 heavy (non-hydrogen) atoms. The van der Waals surface area contributed by atoms with E-state index in [0.29, 0.717) is 10.8 Å². The molecule has 2 aromatic rings. The van der Waals surface area contributed by atoms with Crippen LogP contribution in [-0.4, -0.2) is 22.0 Å². The van der Waals surface area contributed by atoms with Gasteiger partial charge in [0.2, 0.25) is 5.91 Å². The third-order valence-corrected chi connectivity index (χ3v) is 3.45. The van der Waals surface area contributed by atoms with Gasteiger partial charge in [-0.15, -0.1) is 11.3 Å². The molecule has 0 spiro atoms.